The molecule has 0 aliphatic carbocycles. The molecule has 0 aromatic heterocycles. The molecule has 66 valence electrons. The van der Waals surface area contributed by atoms with Crippen LogP contribution in [0.15, 0.2) is 25.3 Å². The maximum absolute atomic E-state index is 5.47. The summed E-state index contributed by atoms with van der Waals surface area (Å²) in [5.74, 6) is 2.85. The fraction of sp³-hybridized carbons (Fsp3) is 0.500. The summed E-state index contributed by atoms with van der Waals surface area (Å²) in [5, 5.41) is 0. The quantitative estimate of drug-likeness (QED) is 0.414. The van der Waals surface area contributed by atoms with Crippen LogP contribution in [0.4, 0.5) is 0 Å². The first-order valence-corrected chi connectivity index (χ1v) is 4.38. The van der Waals surface area contributed by atoms with Crippen LogP contribution in [-0.2, 0) is 0 Å². The highest BCUT2D eigenvalue weighted by Crippen LogP contribution is 2.28. The van der Waals surface area contributed by atoms with Crippen molar-refractivity contribution in [1.29, 1.82) is 0 Å². The van der Waals surface area contributed by atoms with E-state index in [1.165, 1.54) is 0 Å². The Kier molecular flexibility index (Phi) is 5.21. The van der Waals surface area contributed by atoms with Crippen LogP contribution in [-0.4, -0.2) is 0 Å². The van der Waals surface area contributed by atoms with E-state index in [4.69, 9.17) is 6.42 Å². The summed E-state index contributed by atoms with van der Waals surface area (Å²) in [4.78, 5) is 0. The lowest BCUT2D eigenvalue weighted by Gasteiger charge is -2.21. The van der Waals surface area contributed by atoms with E-state index in [0.29, 0.717) is 0 Å². The van der Waals surface area contributed by atoms with E-state index in [2.05, 4.69) is 26.0 Å². The van der Waals surface area contributed by atoms with Gasteiger partial charge in [0.25, 0.3) is 0 Å². The first kappa shape index (κ1) is 11.0. The summed E-state index contributed by atoms with van der Waals surface area (Å²) >= 11 is 0. The molecule has 0 radical (unpaired) electrons. The molecule has 0 aliphatic heterocycles. The number of allylic oxidation sites excluding steroid dienone is 2. The van der Waals surface area contributed by atoms with E-state index in [0.717, 1.165) is 25.7 Å². The van der Waals surface area contributed by atoms with Gasteiger partial charge in [0.05, 0.1) is 0 Å². The molecule has 0 aromatic carbocycles. The van der Waals surface area contributed by atoms with Crippen molar-refractivity contribution in [2.45, 2.75) is 32.6 Å². The molecular formula is C12H18. The van der Waals surface area contributed by atoms with Gasteiger partial charge in [0.1, 0.15) is 0 Å². The van der Waals surface area contributed by atoms with E-state index in [1.807, 2.05) is 12.2 Å². The Labute approximate surface area is 76.4 Å². The van der Waals surface area contributed by atoms with Gasteiger partial charge in [-0.05, 0) is 32.6 Å². The monoisotopic (exact) mass is 162 g/mol. The minimum atomic E-state index is 0.0301. The molecule has 0 heterocycles. The zero-order valence-electron chi connectivity index (χ0n) is 7.97. The first-order chi connectivity index (χ1) is 5.68. The largest absolute Gasteiger partial charge is 0.120 e. The molecule has 0 saturated heterocycles. The van der Waals surface area contributed by atoms with Crippen molar-refractivity contribution < 1.29 is 0 Å². The van der Waals surface area contributed by atoms with Crippen LogP contribution < -0.4 is 0 Å². The Balaban J connectivity index is 3.96. The summed E-state index contributed by atoms with van der Waals surface area (Å²) in [5.41, 5.74) is 0.0301. The third-order valence-corrected chi connectivity index (χ3v) is 2.15. The zero-order valence-corrected chi connectivity index (χ0v) is 7.97. The molecule has 0 unspecified atom stereocenters. The van der Waals surface area contributed by atoms with Gasteiger partial charge in [0.15, 0.2) is 0 Å². The molecule has 0 atom stereocenters. The van der Waals surface area contributed by atoms with Gasteiger partial charge < -0.3 is 0 Å². The van der Waals surface area contributed by atoms with E-state index < -0.39 is 0 Å². The minimum absolute atomic E-state index is 0.0301. The van der Waals surface area contributed by atoms with Crippen molar-refractivity contribution in [3.63, 3.8) is 0 Å². The predicted molar refractivity (Wildman–Crippen MR) is 55.8 cm³/mol. The maximum atomic E-state index is 5.47. The molecule has 12 heavy (non-hydrogen) atoms. The second-order valence-electron chi connectivity index (χ2n) is 3.36. The SMILES string of the molecule is C#CC(C)(CCC=C)CCC=C. The van der Waals surface area contributed by atoms with Crippen LogP contribution in [0.1, 0.15) is 32.6 Å². The summed E-state index contributed by atoms with van der Waals surface area (Å²) in [6.45, 7) is 9.50. The van der Waals surface area contributed by atoms with Crippen molar-refractivity contribution in [2.24, 2.45) is 5.41 Å². The number of terminal acetylenes is 1. The standard InChI is InChI=1S/C12H18/c1-5-8-10-12(4,7-3)11-9-6-2/h3,5-6H,1-2,8-11H2,4H3. The van der Waals surface area contributed by atoms with E-state index >= 15 is 0 Å². The van der Waals surface area contributed by atoms with Gasteiger partial charge in [-0.25, -0.2) is 0 Å². The summed E-state index contributed by atoms with van der Waals surface area (Å²) in [6, 6.07) is 0. The second kappa shape index (κ2) is 5.66. The topological polar surface area (TPSA) is 0 Å². The van der Waals surface area contributed by atoms with Gasteiger partial charge in [-0.3, -0.25) is 0 Å². The molecule has 0 N–H and O–H groups in total. The van der Waals surface area contributed by atoms with Crippen LogP contribution in [0.5, 0.6) is 0 Å². The zero-order chi connectivity index (χ0) is 9.45. The van der Waals surface area contributed by atoms with Crippen molar-refractivity contribution in [1.82, 2.24) is 0 Å². The molecule has 0 aliphatic rings. The molecule has 0 heteroatoms. The van der Waals surface area contributed by atoms with Crippen molar-refractivity contribution in [3.8, 4) is 12.3 Å². The number of hydrogen-bond acceptors (Lipinski definition) is 0. The molecular weight excluding hydrogens is 144 g/mol. The molecule has 0 amide bonds. The van der Waals surface area contributed by atoms with E-state index in [-0.39, 0.29) is 5.41 Å². The van der Waals surface area contributed by atoms with Gasteiger partial charge in [-0.15, -0.1) is 25.5 Å². The number of rotatable bonds is 6. The van der Waals surface area contributed by atoms with Crippen LogP contribution in [0.25, 0.3) is 0 Å². The Morgan fingerprint density at radius 2 is 1.67 bits per heavy atom. The highest BCUT2D eigenvalue weighted by molar-refractivity contribution is 5.04. The normalized spacial score (nSPS) is 10.3. The van der Waals surface area contributed by atoms with Gasteiger partial charge >= 0.3 is 0 Å². The van der Waals surface area contributed by atoms with Gasteiger partial charge in [-0.2, -0.15) is 0 Å². The molecule has 0 nitrogen and oxygen atoms in total. The Morgan fingerprint density at radius 3 is 1.92 bits per heavy atom. The maximum Gasteiger partial charge on any atom is 0.0289 e. The van der Waals surface area contributed by atoms with Crippen LogP contribution in [0.2, 0.25) is 0 Å². The van der Waals surface area contributed by atoms with Crippen LogP contribution in [0.3, 0.4) is 0 Å². The van der Waals surface area contributed by atoms with Gasteiger partial charge in [0.2, 0.25) is 0 Å². The smallest absolute Gasteiger partial charge is 0.0289 e. The Hall–Kier alpha value is -0.960. The first-order valence-electron chi connectivity index (χ1n) is 4.38. The predicted octanol–water partition coefficient (Wildman–Crippen LogP) is 3.56. The van der Waals surface area contributed by atoms with Crippen molar-refractivity contribution in [3.05, 3.63) is 25.3 Å². The van der Waals surface area contributed by atoms with Crippen LogP contribution in [0, 0.1) is 17.8 Å². The Bertz CT molecular complexity index is 169. The lowest BCUT2D eigenvalue weighted by Crippen LogP contribution is -2.12. The highest BCUT2D eigenvalue weighted by atomic mass is 14.2. The molecule has 0 bridgehead atoms. The molecule has 0 aromatic rings. The van der Waals surface area contributed by atoms with Crippen LogP contribution >= 0.6 is 0 Å². The molecule has 0 spiro atoms. The third-order valence-electron chi connectivity index (χ3n) is 2.15. The lowest BCUT2D eigenvalue weighted by molar-refractivity contribution is 0.385. The highest BCUT2D eigenvalue weighted by Gasteiger charge is 2.18. The lowest BCUT2D eigenvalue weighted by atomic mass is 9.82. The fourth-order valence-corrected chi connectivity index (χ4v) is 1.11. The second-order valence-corrected chi connectivity index (χ2v) is 3.36. The fourth-order valence-electron chi connectivity index (χ4n) is 1.11. The summed E-state index contributed by atoms with van der Waals surface area (Å²) in [6.07, 6.45) is 13.4. The average Bonchev–Trinajstić information content (AvgIpc) is 2.11. The Morgan fingerprint density at radius 1 is 1.25 bits per heavy atom. The summed E-state index contributed by atoms with van der Waals surface area (Å²) in [7, 11) is 0. The molecule has 0 rings (SSSR count). The summed E-state index contributed by atoms with van der Waals surface area (Å²) < 4.78 is 0. The van der Waals surface area contributed by atoms with Crippen molar-refractivity contribution >= 4 is 0 Å². The average molecular weight is 162 g/mol. The minimum Gasteiger partial charge on any atom is -0.120 e. The van der Waals surface area contributed by atoms with Gasteiger partial charge in [-0.1, -0.05) is 12.2 Å². The number of hydrogen-bond donors (Lipinski definition) is 0. The van der Waals surface area contributed by atoms with Crippen molar-refractivity contribution in [2.75, 3.05) is 0 Å². The molecule has 0 fully saturated rings. The van der Waals surface area contributed by atoms with E-state index in [1.54, 1.807) is 0 Å². The third kappa shape index (κ3) is 4.03. The van der Waals surface area contributed by atoms with Gasteiger partial charge in [0, 0.05) is 5.41 Å². The van der Waals surface area contributed by atoms with E-state index in [9.17, 15) is 0 Å². The molecule has 0 saturated carbocycles.